The van der Waals surface area contributed by atoms with E-state index in [2.05, 4.69) is 10.3 Å². The number of amides is 1. The number of thiazole rings is 1. The lowest BCUT2D eigenvalue weighted by Crippen LogP contribution is -2.42. The van der Waals surface area contributed by atoms with Gasteiger partial charge >= 0.3 is 5.97 Å². The van der Waals surface area contributed by atoms with Crippen LogP contribution in [-0.2, 0) is 20.7 Å². The predicted molar refractivity (Wildman–Crippen MR) is 104 cm³/mol. The molecule has 5 nitrogen and oxygen atoms in total. The van der Waals surface area contributed by atoms with Crippen LogP contribution in [0.25, 0.3) is 9.88 Å². The normalized spacial score (nSPS) is 16.7. The van der Waals surface area contributed by atoms with Gasteiger partial charge in [-0.05, 0) is 31.2 Å². The average Bonchev–Trinajstić information content (AvgIpc) is 3.23. The second-order valence-corrected chi connectivity index (χ2v) is 8.43. The Morgan fingerprint density at radius 1 is 1.27 bits per heavy atom. The first-order chi connectivity index (χ1) is 12.6. The summed E-state index contributed by atoms with van der Waals surface area (Å²) >= 11 is 3.13. The van der Waals surface area contributed by atoms with Crippen molar-refractivity contribution >= 4 is 34.6 Å². The van der Waals surface area contributed by atoms with Crippen LogP contribution in [0.2, 0.25) is 0 Å². The van der Waals surface area contributed by atoms with E-state index in [1.54, 1.807) is 18.3 Å². The highest BCUT2D eigenvalue weighted by atomic mass is 32.1. The van der Waals surface area contributed by atoms with Crippen LogP contribution < -0.4 is 5.32 Å². The van der Waals surface area contributed by atoms with Gasteiger partial charge in [-0.2, -0.15) is 0 Å². The third kappa shape index (κ3) is 5.38. The van der Waals surface area contributed by atoms with E-state index in [-0.39, 0.29) is 18.4 Å². The maximum Gasteiger partial charge on any atom is 0.312 e. The van der Waals surface area contributed by atoms with E-state index in [1.807, 2.05) is 22.9 Å². The molecule has 0 saturated heterocycles. The Morgan fingerprint density at radius 2 is 2.04 bits per heavy atom. The highest BCUT2D eigenvalue weighted by Crippen LogP contribution is 2.28. The third-order valence-corrected chi connectivity index (χ3v) is 6.42. The van der Waals surface area contributed by atoms with Gasteiger partial charge in [0.25, 0.3) is 5.91 Å². The molecule has 0 unspecified atom stereocenters. The van der Waals surface area contributed by atoms with Gasteiger partial charge in [-0.25, -0.2) is 4.98 Å². The average molecular weight is 393 g/mol. The number of esters is 1. The largest absolute Gasteiger partial charge is 0.452 e. The van der Waals surface area contributed by atoms with Crippen LogP contribution in [-0.4, -0.2) is 29.0 Å². The minimum absolute atomic E-state index is 0.0862. The highest BCUT2D eigenvalue weighted by molar-refractivity contribution is 7.20. The van der Waals surface area contributed by atoms with Gasteiger partial charge < -0.3 is 10.1 Å². The SMILES string of the molecule is C[C@@H](OC(=O)Cc1csc(-c2cccs2)n1)C(=O)NC1CCCCCC1. The van der Waals surface area contributed by atoms with Crippen LogP contribution in [0.3, 0.4) is 0 Å². The van der Waals surface area contributed by atoms with Crippen LogP contribution in [0, 0.1) is 0 Å². The summed E-state index contributed by atoms with van der Waals surface area (Å²) in [6.45, 7) is 1.63. The number of carbonyl (C=O) groups excluding carboxylic acids is 2. The number of nitrogens with one attached hydrogen (secondary N) is 1. The minimum Gasteiger partial charge on any atom is -0.452 e. The number of carbonyl (C=O) groups is 2. The Morgan fingerprint density at radius 3 is 2.73 bits per heavy atom. The van der Waals surface area contributed by atoms with Gasteiger partial charge in [0.05, 0.1) is 17.0 Å². The van der Waals surface area contributed by atoms with Crippen LogP contribution in [0.4, 0.5) is 0 Å². The fourth-order valence-electron chi connectivity index (χ4n) is 3.08. The van der Waals surface area contributed by atoms with E-state index in [4.69, 9.17) is 4.74 Å². The van der Waals surface area contributed by atoms with Gasteiger partial charge in [0, 0.05) is 11.4 Å². The molecular weight excluding hydrogens is 368 g/mol. The summed E-state index contributed by atoms with van der Waals surface area (Å²) in [4.78, 5) is 30.0. The van der Waals surface area contributed by atoms with Crippen molar-refractivity contribution in [3.63, 3.8) is 0 Å². The topological polar surface area (TPSA) is 68.3 Å². The summed E-state index contributed by atoms with van der Waals surface area (Å²) in [6.07, 6.45) is 6.10. The molecule has 26 heavy (non-hydrogen) atoms. The first kappa shape index (κ1) is 19.0. The molecule has 1 N–H and O–H groups in total. The van der Waals surface area contributed by atoms with Gasteiger partial charge in [-0.1, -0.05) is 31.7 Å². The molecule has 1 aliphatic rings. The molecule has 7 heteroatoms. The zero-order valence-corrected chi connectivity index (χ0v) is 16.5. The number of hydrogen-bond donors (Lipinski definition) is 1. The van der Waals surface area contributed by atoms with Gasteiger partial charge in [0.2, 0.25) is 0 Å². The molecule has 1 amide bonds. The van der Waals surface area contributed by atoms with E-state index in [9.17, 15) is 9.59 Å². The van der Waals surface area contributed by atoms with Crippen LogP contribution in [0.15, 0.2) is 22.9 Å². The lowest BCUT2D eigenvalue weighted by atomic mass is 10.1. The number of nitrogens with zero attached hydrogens (tertiary/aromatic N) is 1. The number of ether oxygens (including phenoxy) is 1. The van der Waals surface area contributed by atoms with E-state index in [0.29, 0.717) is 5.69 Å². The Kier molecular flexibility index (Phi) is 6.80. The zero-order chi connectivity index (χ0) is 18.4. The second kappa shape index (κ2) is 9.28. The summed E-state index contributed by atoms with van der Waals surface area (Å²) in [5.74, 6) is -0.626. The van der Waals surface area contributed by atoms with E-state index in [1.165, 1.54) is 24.2 Å². The molecule has 3 rings (SSSR count). The molecular formula is C19H24N2O3S2. The molecule has 140 valence electrons. The molecule has 0 aromatic carbocycles. The molecule has 0 radical (unpaired) electrons. The van der Waals surface area contributed by atoms with E-state index in [0.717, 1.165) is 35.6 Å². The summed E-state index contributed by atoms with van der Waals surface area (Å²) < 4.78 is 5.31. The van der Waals surface area contributed by atoms with Crippen molar-refractivity contribution in [2.45, 2.75) is 64.0 Å². The predicted octanol–water partition coefficient (Wildman–Crippen LogP) is 4.18. The highest BCUT2D eigenvalue weighted by Gasteiger charge is 2.22. The van der Waals surface area contributed by atoms with Crippen molar-refractivity contribution < 1.29 is 14.3 Å². The van der Waals surface area contributed by atoms with E-state index < -0.39 is 12.1 Å². The van der Waals surface area contributed by atoms with Crippen molar-refractivity contribution in [2.24, 2.45) is 0 Å². The minimum atomic E-state index is -0.777. The molecule has 2 aromatic rings. The quantitative estimate of drug-likeness (QED) is 0.591. The Bertz CT molecular complexity index is 719. The smallest absolute Gasteiger partial charge is 0.312 e. The van der Waals surface area contributed by atoms with Crippen molar-refractivity contribution in [1.29, 1.82) is 0 Å². The standard InChI is InChI=1S/C19H24N2O3S2/c1-13(18(23)20-14-7-4-2-3-5-8-14)24-17(22)11-15-12-26-19(21-15)16-9-6-10-25-16/h6,9-10,12-14H,2-5,7-8,11H2,1H3,(H,20,23)/t13-/m1/s1. The van der Waals surface area contributed by atoms with Crippen molar-refractivity contribution in [1.82, 2.24) is 10.3 Å². The molecule has 1 atom stereocenters. The summed E-state index contributed by atoms with van der Waals surface area (Å²) in [5, 5.41) is 7.79. The number of rotatable bonds is 6. The van der Waals surface area contributed by atoms with Gasteiger partial charge in [-0.3, -0.25) is 9.59 Å². The molecule has 0 bridgehead atoms. The van der Waals surface area contributed by atoms with Gasteiger partial charge in [-0.15, -0.1) is 22.7 Å². The summed E-state index contributed by atoms with van der Waals surface area (Å²) in [5.41, 5.74) is 0.680. The monoisotopic (exact) mass is 392 g/mol. The van der Waals surface area contributed by atoms with Crippen LogP contribution >= 0.6 is 22.7 Å². The number of aromatic nitrogens is 1. The second-order valence-electron chi connectivity index (χ2n) is 6.63. The van der Waals surface area contributed by atoms with Gasteiger partial charge in [0.15, 0.2) is 6.10 Å². The molecule has 2 heterocycles. The van der Waals surface area contributed by atoms with Crippen LogP contribution in [0.1, 0.15) is 51.1 Å². The molecule has 1 aliphatic carbocycles. The van der Waals surface area contributed by atoms with Crippen molar-refractivity contribution in [3.05, 3.63) is 28.6 Å². The molecule has 1 fully saturated rings. The zero-order valence-electron chi connectivity index (χ0n) is 14.9. The number of hydrogen-bond acceptors (Lipinski definition) is 6. The summed E-state index contributed by atoms with van der Waals surface area (Å²) in [7, 11) is 0. The van der Waals surface area contributed by atoms with Crippen molar-refractivity contribution in [3.8, 4) is 9.88 Å². The Labute approximate surface area is 161 Å². The molecule has 2 aromatic heterocycles. The molecule has 0 spiro atoms. The number of thiophene rings is 1. The lowest BCUT2D eigenvalue weighted by molar-refractivity contribution is -0.154. The summed E-state index contributed by atoms with van der Waals surface area (Å²) in [6, 6.07) is 4.19. The van der Waals surface area contributed by atoms with E-state index >= 15 is 0 Å². The van der Waals surface area contributed by atoms with Crippen LogP contribution in [0.5, 0.6) is 0 Å². The first-order valence-corrected chi connectivity index (χ1v) is 10.9. The van der Waals surface area contributed by atoms with Crippen molar-refractivity contribution in [2.75, 3.05) is 0 Å². The molecule has 0 aliphatic heterocycles. The Hall–Kier alpha value is -1.73. The maximum atomic E-state index is 12.3. The fourth-order valence-corrected chi connectivity index (χ4v) is 4.72. The third-order valence-electron chi connectivity index (χ3n) is 4.49. The maximum absolute atomic E-state index is 12.3. The Balaban J connectivity index is 1.47. The first-order valence-electron chi connectivity index (χ1n) is 9.10. The lowest BCUT2D eigenvalue weighted by Gasteiger charge is -2.19. The van der Waals surface area contributed by atoms with Gasteiger partial charge in [0.1, 0.15) is 5.01 Å². The fraction of sp³-hybridized carbons (Fsp3) is 0.526. The molecule has 1 saturated carbocycles.